The number of methoxy groups -OCH3 is 1. The molecule has 0 bridgehead atoms. The molecule has 2 amide bonds. The number of benzene rings is 1. The average Bonchev–Trinajstić information content (AvgIpc) is 2.37. The van der Waals surface area contributed by atoms with Gasteiger partial charge in [0.15, 0.2) is 0 Å². The van der Waals surface area contributed by atoms with Gasteiger partial charge in [-0.3, -0.25) is 9.59 Å². The molecule has 120 valence electrons. The lowest BCUT2D eigenvalue weighted by Gasteiger charge is -2.15. The molecule has 0 radical (unpaired) electrons. The SMILES string of the molecule is COCCNC(=O)c1c(I)c(C(N)=O)c(I)c(C(=O)O)c1I. The van der Waals surface area contributed by atoms with Gasteiger partial charge in [-0.15, -0.1) is 0 Å². The second-order valence-corrected chi connectivity index (χ2v) is 7.22. The zero-order chi connectivity index (χ0) is 17.0. The maximum atomic E-state index is 12.3. The first-order chi connectivity index (χ1) is 10.2. The van der Waals surface area contributed by atoms with Crippen LogP contribution >= 0.6 is 67.8 Å². The molecule has 0 spiro atoms. The van der Waals surface area contributed by atoms with E-state index in [1.165, 1.54) is 7.11 Å². The van der Waals surface area contributed by atoms with Crippen LogP contribution in [0.3, 0.4) is 0 Å². The molecule has 10 heteroatoms. The molecule has 0 saturated heterocycles. The largest absolute Gasteiger partial charge is 0.478 e. The van der Waals surface area contributed by atoms with E-state index in [9.17, 15) is 19.5 Å². The van der Waals surface area contributed by atoms with Gasteiger partial charge in [-0.25, -0.2) is 4.79 Å². The minimum absolute atomic E-state index is 0.0379. The van der Waals surface area contributed by atoms with Gasteiger partial charge in [-0.2, -0.15) is 0 Å². The number of carboxylic acids is 1. The molecular weight excluding hydrogens is 633 g/mol. The zero-order valence-corrected chi connectivity index (χ0v) is 17.7. The molecule has 0 heterocycles. The highest BCUT2D eigenvalue weighted by molar-refractivity contribution is 14.1. The van der Waals surface area contributed by atoms with Crippen LogP contribution in [0.5, 0.6) is 0 Å². The first-order valence-corrected chi connectivity index (χ1v) is 8.98. The van der Waals surface area contributed by atoms with Gasteiger partial charge in [0.05, 0.1) is 23.3 Å². The number of nitrogens with one attached hydrogen (secondary N) is 1. The summed E-state index contributed by atoms with van der Waals surface area (Å²) in [4.78, 5) is 35.4. The van der Waals surface area contributed by atoms with Gasteiger partial charge in [0.2, 0.25) is 0 Å². The molecule has 0 unspecified atom stereocenters. The molecule has 0 aliphatic carbocycles. The minimum Gasteiger partial charge on any atom is -0.478 e. The molecule has 0 saturated carbocycles. The van der Waals surface area contributed by atoms with Gasteiger partial charge in [0.25, 0.3) is 11.8 Å². The van der Waals surface area contributed by atoms with Gasteiger partial charge in [-0.1, -0.05) is 0 Å². The van der Waals surface area contributed by atoms with Gasteiger partial charge >= 0.3 is 5.97 Å². The average molecular weight is 644 g/mol. The standard InChI is InChI=1S/C12H11I3N2O5/c1-22-3-2-17-11(19)5-7(13)4(10(16)18)8(14)6(9(5)15)12(20)21/h2-3H2,1H3,(H2,16,18)(H,17,19)(H,20,21). The molecule has 1 aromatic rings. The third kappa shape index (κ3) is 4.19. The molecule has 0 fully saturated rings. The minimum atomic E-state index is -1.22. The summed E-state index contributed by atoms with van der Waals surface area (Å²) in [5, 5.41) is 12.0. The highest BCUT2D eigenvalue weighted by atomic mass is 127. The summed E-state index contributed by atoms with van der Waals surface area (Å²) in [6, 6.07) is 0. The van der Waals surface area contributed by atoms with Gasteiger partial charge in [-0.05, 0) is 67.8 Å². The van der Waals surface area contributed by atoms with E-state index in [0.717, 1.165) is 0 Å². The number of hydrogen-bond acceptors (Lipinski definition) is 4. The number of hydrogen-bond donors (Lipinski definition) is 3. The quantitative estimate of drug-likeness (QED) is 0.322. The van der Waals surface area contributed by atoms with Gasteiger partial charge < -0.3 is 20.9 Å². The van der Waals surface area contributed by atoms with Gasteiger partial charge in [0, 0.05) is 24.4 Å². The number of nitrogens with two attached hydrogens (primary N) is 1. The number of rotatable bonds is 6. The topological polar surface area (TPSA) is 119 Å². The molecule has 0 atom stereocenters. The second-order valence-electron chi connectivity index (χ2n) is 3.99. The van der Waals surface area contributed by atoms with Crippen LogP contribution in [-0.2, 0) is 4.74 Å². The lowest BCUT2D eigenvalue weighted by molar-refractivity contribution is 0.0694. The van der Waals surface area contributed by atoms with Crippen LogP contribution in [0.15, 0.2) is 0 Å². The fraction of sp³-hybridized carbons (Fsp3) is 0.250. The molecule has 4 N–H and O–H groups in total. The Morgan fingerprint density at radius 1 is 1.09 bits per heavy atom. The van der Waals surface area contributed by atoms with E-state index in [2.05, 4.69) is 5.32 Å². The smallest absolute Gasteiger partial charge is 0.337 e. The van der Waals surface area contributed by atoms with Crippen molar-refractivity contribution in [3.63, 3.8) is 0 Å². The number of carboxylic acid groups (broad SMARTS) is 1. The van der Waals surface area contributed by atoms with Crippen molar-refractivity contribution in [2.75, 3.05) is 20.3 Å². The Morgan fingerprint density at radius 2 is 1.59 bits per heavy atom. The van der Waals surface area contributed by atoms with Crippen molar-refractivity contribution >= 4 is 85.6 Å². The van der Waals surface area contributed by atoms with Crippen molar-refractivity contribution < 1.29 is 24.2 Å². The molecular formula is C12H11I3N2O5. The fourth-order valence-corrected chi connectivity index (χ4v) is 6.27. The van der Waals surface area contributed by atoms with E-state index in [4.69, 9.17) is 10.5 Å². The predicted molar refractivity (Wildman–Crippen MR) is 104 cm³/mol. The molecule has 1 aromatic carbocycles. The van der Waals surface area contributed by atoms with Crippen molar-refractivity contribution in [1.82, 2.24) is 5.32 Å². The Labute approximate surface area is 167 Å². The predicted octanol–water partition coefficient (Wildman–Crippen LogP) is 1.67. The van der Waals surface area contributed by atoms with Crippen molar-refractivity contribution in [2.45, 2.75) is 0 Å². The van der Waals surface area contributed by atoms with Crippen LogP contribution in [0.1, 0.15) is 31.1 Å². The van der Waals surface area contributed by atoms with Crippen LogP contribution < -0.4 is 11.1 Å². The van der Waals surface area contributed by atoms with Crippen molar-refractivity contribution in [1.29, 1.82) is 0 Å². The summed E-state index contributed by atoms with van der Waals surface area (Å²) < 4.78 is 5.66. The summed E-state index contributed by atoms with van der Waals surface area (Å²) in [6.07, 6.45) is 0. The normalized spacial score (nSPS) is 10.4. The summed E-state index contributed by atoms with van der Waals surface area (Å²) in [6.45, 7) is 0.583. The summed E-state index contributed by atoms with van der Waals surface area (Å²) in [5.41, 5.74) is 5.39. The van der Waals surface area contributed by atoms with Gasteiger partial charge in [0.1, 0.15) is 0 Å². The second kappa shape index (κ2) is 8.58. The molecule has 0 aliphatic rings. The number of carbonyl (C=O) groups is 3. The van der Waals surface area contributed by atoms with E-state index < -0.39 is 17.8 Å². The Kier molecular flexibility index (Phi) is 7.73. The van der Waals surface area contributed by atoms with E-state index >= 15 is 0 Å². The first-order valence-electron chi connectivity index (χ1n) is 5.74. The fourth-order valence-electron chi connectivity index (χ4n) is 1.62. The molecule has 7 nitrogen and oxygen atoms in total. The van der Waals surface area contributed by atoms with Crippen LogP contribution in [0, 0.1) is 10.7 Å². The number of amides is 2. The van der Waals surface area contributed by atoms with E-state index in [0.29, 0.717) is 10.2 Å². The number of primary amides is 1. The van der Waals surface area contributed by atoms with Crippen LogP contribution in [0.4, 0.5) is 0 Å². The van der Waals surface area contributed by atoms with E-state index in [1.54, 1.807) is 45.2 Å². The maximum absolute atomic E-state index is 12.3. The lowest BCUT2D eigenvalue weighted by Crippen LogP contribution is -2.31. The van der Waals surface area contributed by atoms with Crippen LogP contribution in [-0.4, -0.2) is 43.2 Å². The summed E-state index contributed by atoms with van der Waals surface area (Å²) in [5.74, 6) is -2.48. The zero-order valence-electron chi connectivity index (χ0n) is 11.2. The molecule has 0 aliphatic heterocycles. The molecule has 22 heavy (non-hydrogen) atoms. The Morgan fingerprint density at radius 3 is 2.05 bits per heavy atom. The Balaban J connectivity index is 3.53. The maximum Gasteiger partial charge on any atom is 0.337 e. The van der Waals surface area contributed by atoms with Crippen LogP contribution in [0.25, 0.3) is 0 Å². The summed E-state index contributed by atoms with van der Waals surface area (Å²) >= 11 is 5.37. The number of carbonyl (C=O) groups excluding carboxylic acids is 2. The number of aromatic carboxylic acids is 1. The number of halogens is 3. The monoisotopic (exact) mass is 644 g/mol. The van der Waals surface area contributed by atoms with Crippen molar-refractivity contribution in [3.05, 3.63) is 27.4 Å². The van der Waals surface area contributed by atoms with Crippen molar-refractivity contribution in [2.24, 2.45) is 5.73 Å². The molecule has 0 aromatic heterocycles. The Bertz CT molecular complexity index is 607. The summed E-state index contributed by atoms with van der Waals surface area (Å²) in [7, 11) is 1.50. The Hall–Kier alpha value is -0.220. The van der Waals surface area contributed by atoms with Crippen LogP contribution in [0.2, 0.25) is 0 Å². The highest BCUT2D eigenvalue weighted by Gasteiger charge is 2.29. The van der Waals surface area contributed by atoms with E-state index in [1.807, 2.05) is 22.6 Å². The molecule has 1 rings (SSSR count). The third-order valence-electron chi connectivity index (χ3n) is 2.60. The lowest BCUT2D eigenvalue weighted by atomic mass is 10.0. The van der Waals surface area contributed by atoms with Crippen molar-refractivity contribution in [3.8, 4) is 0 Å². The first kappa shape index (κ1) is 19.8. The van der Waals surface area contributed by atoms with E-state index in [-0.39, 0.29) is 30.4 Å². The highest BCUT2D eigenvalue weighted by Crippen LogP contribution is 2.32. The number of ether oxygens (including phenoxy) is 1. The third-order valence-corrected chi connectivity index (χ3v) is 5.83.